The van der Waals surface area contributed by atoms with E-state index in [1.807, 2.05) is 16.9 Å². The van der Waals surface area contributed by atoms with E-state index in [2.05, 4.69) is 23.9 Å². The zero-order valence-electron chi connectivity index (χ0n) is 10.1. The number of aliphatic imine (C=N–C) groups is 1. The van der Waals surface area contributed by atoms with Gasteiger partial charge in [0.2, 0.25) is 0 Å². The Hall–Kier alpha value is -1.50. The molecule has 6 nitrogen and oxygen atoms in total. The van der Waals surface area contributed by atoms with E-state index in [1.165, 1.54) is 11.8 Å². The molecule has 5 N–H and O–H groups in total. The predicted octanol–water partition coefficient (Wildman–Crippen LogP) is 1.30. The number of hydrogen-bond donors (Lipinski definition) is 3. The second-order valence-electron chi connectivity index (χ2n) is 3.67. The van der Waals surface area contributed by atoms with Crippen molar-refractivity contribution in [2.45, 2.75) is 32.1 Å². The van der Waals surface area contributed by atoms with E-state index in [4.69, 9.17) is 16.9 Å². The quantitative estimate of drug-likeness (QED) is 0.556. The van der Waals surface area contributed by atoms with Gasteiger partial charge in [0, 0.05) is 18.0 Å². The molecule has 17 heavy (non-hydrogen) atoms. The monoisotopic (exact) mass is 254 g/mol. The molecule has 0 fully saturated rings. The third kappa shape index (κ3) is 4.48. The summed E-state index contributed by atoms with van der Waals surface area (Å²) >= 11 is 1.25. The molecule has 1 rings (SSSR count). The van der Waals surface area contributed by atoms with E-state index in [0.717, 1.165) is 12.1 Å². The van der Waals surface area contributed by atoms with Gasteiger partial charge < -0.3 is 11.5 Å². The fraction of sp³-hybridized carbons (Fsp3) is 0.500. The van der Waals surface area contributed by atoms with Crippen LogP contribution in [0.15, 0.2) is 17.3 Å². The second kappa shape index (κ2) is 6.29. The molecule has 1 aromatic rings. The maximum absolute atomic E-state index is 7.48. The van der Waals surface area contributed by atoms with E-state index >= 15 is 0 Å². The van der Waals surface area contributed by atoms with Crippen LogP contribution < -0.4 is 11.5 Å². The van der Waals surface area contributed by atoms with Gasteiger partial charge in [0.05, 0.1) is 5.69 Å². The first-order chi connectivity index (χ1) is 8.02. The number of thioether (sulfide) groups is 1. The fourth-order valence-corrected chi connectivity index (χ4v) is 1.79. The summed E-state index contributed by atoms with van der Waals surface area (Å²) in [4.78, 5) is 3.63. The minimum atomic E-state index is -0.0902. The highest BCUT2D eigenvalue weighted by atomic mass is 32.2. The van der Waals surface area contributed by atoms with Crippen LogP contribution in [0.1, 0.15) is 32.0 Å². The summed E-state index contributed by atoms with van der Waals surface area (Å²) in [6, 6.07) is 2.34. The van der Waals surface area contributed by atoms with Crippen LogP contribution in [0.5, 0.6) is 0 Å². The first-order valence-corrected chi connectivity index (χ1v) is 6.36. The minimum Gasteiger partial charge on any atom is -0.370 e. The highest BCUT2D eigenvalue weighted by Gasteiger charge is 2.05. The lowest BCUT2D eigenvalue weighted by Gasteiger charge is -2.07. The maximum Gasteiger partial charge on any atom is 0.193 e. The van der Waals surface area contributed by atoms with Crippen LogP contribution in [0.2, 0.25) is 0 Å². The molecule has 0 amide bonds. The van der Waals surface area contributed by atoms with Crippen LogP contribution in [-0.4, -0.2) is 20.9 Å². The predicted molar refractivity (Wildman–Crippen MR) is 72.1 cm³/mol. The molecule has 0 saturated carbocycles. The molecule has 0 radical (unpaired) electrons. The minimum absolute atomic E-state index is 0.0902. The Bertz CT molecular complexity index is 407. The van der Waals surface area contributed by atoms with Gasteiger partial charge in [-0.2, -0.15) is 10.1 Å². The number of nitrogens with two attached hydrogens (primary N) is 2. The largest absolute Gasteiger partial charge is 0.370 e. The topological polar surface area (TPSA) is 106 Å². The highest BCUT2D eigenvalue weighted by Crippen LogP contribution is 2.14. The Labute approximate surface area is 105 Å². The van der Waals surface area contributed by atoms with Gasteiger partial charge in [-0.15, -0.1) is 0 Å². The number of hydrogen-bond acceptors (Lipinski definition) is 3. The van der Waals surface area contributed by atoms with E-state index in [-0.39, 0.29) is 11.1 Å². The van der Waals surface area contributed by atoms with Gasteiger partial charge in [-0.3, -0.25) is 10.1 Å². The zero-order valence-corrected chi connectivity index (χ0v) is 10.9. The molecule has 0 aliphatic carbocycles. The standard InChI is InChI=1S/C10H18N6S/c1-3-7(2)16-5-4-8(15-16)6-17-10(13)14-9(11)12/h4-5,7H,3,6H2,1-2H3,(H5,11,12,13,14). The van der Waals surface area contributed by atoms with Gasteiger partial charge in [-0.1, -0.05) is 18.7 Å². The Morgan fingerprint density at radius 2 is 2.35 bits per heavy atom. The van der Waals surface area contributed by atoms with E-state index in [0.29, 0.717) is 11.8 Å². The van der Waals surface area contributed by atoms with E-state index < -0.39 is 0 Å². The number of aromatic nitrogens is 2. The van der Waals surface area contributed by atoms with Gasteiger partial charge >= 0.3 is 0 Å². The Kier molecular flexibility index (Phi) is 5.02. The molecule has 0 bridgehead atoms. The summed E-state index contributed by atoms with van der Waals surface area (Å²) in [5, 5.41) is 12.0. The van der Waals surface area contributed by atoms with E-state index in [1.54, 1.807) is 0 Å². The van der Waals surface area contributed by atoms with Crippen LogP contribution in [-0.2, 0) is 5.75 Å². The number of rotatable bonds is 4. The molecule has 0 spiro atoms. The number of nitrogens with one attached hydrogen (secondary N) is 1. The van der Waals surface area contributed by atoms with Crippen LogP contribution in [0.25, 0.3) is 0 Å². The third-order valence-corrected chi connectivity index (χ3v) is 3.10. The first-order valence-electron chi connectivity index (χ1n) is 5.38. The van der Waals surface area contributed by atoms with Crippen molar-refractivity contribution in [2.24, 2.45) is 16.5 Å². The van der Waals surface area contributed by atoms with Crippen molar-refractivity contribution in [3.05, 3.63) is 18.0 Å². The molecule has 0 aliphatic heterocycles. The van der Waals surface area contributed by atoms with Gasteiger partial charge in [-0.05, 0) is 19.4 Å². The lowest BCUT2D eigenvalue weighted by molar-refractivity contribution is 0.475. The summed E-state index contributed by atoms with van der Waals surface area (Å²) in [5.41, 5.74) is 11.3. The average molecular weight is 254 g/mol. The van der Waals surface area contributed by atoms with Crippen LogP contribution in [0.3, 0.4) is 0 Å². The molecule has 1 atom stereocenters. The van der Waals surface area contributed by atoms with E-state index in [9.17, 15) is 0 Å². The van der Waals surface area contributed by atoms with Crippen molar-refractivity contribution in [3.8, 4) is 0 Å². The molecule has 0 saturated heterocycles. The Balaban J connectivity index is 2.50. The van der Waals surface area contributed by atoms with Crippen LogP contribution in [0.4, 0.5) is 0 Å². The Morgan fingerprint density at radius 3 is 2.94 bits per heavy atom. The van der Waals surface area contributed by atoms with Crippen molar-refractivity contribution in [2.75, 3.05) is 0 Å². The van der Waals surface area contributed by atoms with Gasteiger partial charge in [-0.25, -0.2) is 0 Å². The van der Waals surface area contributed by atoms with Gasteiger partial charge in [0.25, 0.3) is 0 Å². The smallest absolute Gasteiger partial charge is 0.193 e. The molecule has 1 heterocycles. The first kappa shape index (κ1) is 13.6. The maximum atomic E-state index is 7.48. The molecule has 7 heteroatoms. The normalized spacial score (nSPS) is 12.1. The van der Waals surface area contributed by atoms with Crippen molar-refractivity contribution in [1.82, 2.24) is 9.78 Å². The Morgan fingerprint density at radius 1 is 1.65 bits per heavy atom. The highest BCUT2D eigenvalue weighted by molar-refractivity contribution is 8.13. The summed E-state index contributed by atoms with van der Waals surface area (Å²) in [6.45, 7) is 4.24. The van der Waals surface area contributed by atoms with Crippen LogP contribution >= 0.6 is 11.8 Å². The van der Waals surface area contributed by atoms with Crippen molar-refractivity contribution in [3.63, 3.8) is 0 Å². The molecule has 0 aromatic carbocycles. The number of nitrogens with zero attached hydrogens (tertiary/aromatic N) is 3. The summed E-state index contributed by atoms with van der Waals surface area (Å²) in [7, 11) is 0. The molecule has 94 valence electrons. The lowest BCUT2D eigenvalue weighted by Crippen LogP contribution is -2.23. The molecule has 1 aromatic heterocycles. The molecular formula is C10H18N6S. The van der Waals surface area contributed by atoms with Crippen molar-refractivity contribution < 1.29 is 0 Å². The van der Waals surface area contributed by atoms with Crippen molar-refractivity contribution >= 4 is 22.9 Å². The number of amidine groups is 1. The lowest BCUT2D eigenvalue weighted by atomic mass is 10.3. The zero-order chi connectivity index (χ0) is 12.8. The van der Waals surface area contributed by atoms with Gasteiger partial charge in [0.15, 0.2) is 11.1 Å². The summed E-state index contributed by atoms with van der Waals surface area (Å²) in [6.07, 6.45) is 2.99. The van der Waals surface area contributed by atoms with Gasteiger partial charge in [0.1, 0.15) is 0 Å². The number of guanidine groups is 1. The second-order valence-corrected chi connectivity index (χ2v) is 4.64. The summed E-state index contributed by atoms with van der Waals surface area (Å²) in [5.74, 6) is 0.506. The van der Waals surface area contributed by atoms with Crippen LogP contribution in [0, 0.1) is 5.41 Å². The summed E-state index contributed by atoms with van der Waals surface area (Å²) < 4.78 is 1.93. The third-order valence-electron chi connectivity index (χ3n) is 2.29. The molecular weight excluding hydrogens is 236 g/mol. The van der Waals surface area contributed by atoms with Crippen molar-refractivity contribution in [1.29, 1.82) is 5.41 Å². The molecule has 1 unspecified atom stereocenters. The average Bonchev–Trinajstić information content (AvgIpc) is 2.73. The molecule has 0 aliphatic rings. The SMILES string of the molecule is CCC(C)n1ccc(CSC(=N)N=C(N)N)n1. The fourth-order valence-electron chi connectivity index (χ4n) is 1.18.